The standard InChI is InChI=1S/C15H20N4O3/c1-21-7-3-4-15(20)17-9-12-8-13(22-2)10-19(12)14-5-6-16-11-18-14/h5-6,11-13H,7-10H2,1-2H3,(H,17,20)/t12-,13-/m1/s1. The van der Waals surface area contributed by atoms with Crippen molar-refractivity contribution in [3.05, 3.63) is 18.6 Å². The van der Waals surface area contributed by atoms with E-state index < -0.39 is 0 Å². The van der Waals surface area contributed by atoms with Crippen LogP contribution in [0, 0.1) is 11.8 Å². The Labute approximate surface area is 130 Å². The number of rotatable bonds is 5. The molecule has 2 atom stereocenters. The maximum Gasteiger partial charge on any atom is 0.296 e. The molecule has 2 heterocycles. The third-order valence-corrected chi connectivity index (χ3v) is 3.49. The first kappa shape index (κ1) is 16.2. The number of anilines is 1. The van der Waals surface area contributed by atoms with Crippen molar-refractivity contribution in [1.29, 1.82) is 0 Å². The molecule has 0 saturated carbocycles. The molecule has 0 aliphatic carbocycles. The fourth-order valence-electron chi connectivity index (χ4n) is 2.42. The molecule has 118 valence electrons. The highest BCUT2D eigenvalue weighted by Gasteiger charge is 2.33. The van der Waals surface area contributed by atoms with Crippen LogP contribution in [0.5, 0.6) is 0 Å². The second-order valence-corrected chi connectivity index (χ2v) is 4.91. The molecule has 7 heteroatoms. The van der Waals surface area contributed by atoms with Crippen molar-refractivity contribution in [2.24, 2.45) is 0 Å². The lowest BCUT2D eigenvalue weighted by molar-refractivity contribution is -0.115. The summed E-state index contributed by atoms with van der Waals surface area (Å²) in [6.45, 7) is 1.48. The van der Waals surface area contributed by atoms with Crippen molar-refractivity contribution in [3.8, 4) is 11.8 Å². The molecule has 2 rings (SSSR count). The number of hydrogen-bond acceptors (Lipinski definition) is 6. The van der Waals surface area contributed by atoms with Crippen molar-refractivity contribution >= 4 is 11.7 Å². The number of carbonyl (C=O) groups excluding carboxylic acids is 1. The molecule has 1 aromatic rings. The van der Waals surface area contributed by atoms with Gasteiger partial charge in [-0.25, -0.2) is 9.97 Å². The number of carbonyl (C=O) groups is 1. The first-order valence-electron chi connectivity index (χ1n) is 7.05. The van der Waals surface area contributed by atoms with Crippen LogP contribution in [0.1, 0.15) is 6.42 Å². The number of ether oxygens (including phenoxy) is 2. The van der Waals surface area contributed by atoms with Crippen LogP contribution in [-0.4, -0.2) is 61.9 Å². The van der Waals surface area contributed by atoms with Gasteiger partial charge in [0.1, 0.15) is 18.8 Å². The molecular weight excluding hydrogens is 284 g/mol. The van der Waals surface area contributed by atoms with Crippen LogP contribution in [0.4, 0.5) is 5.82 Å². The van der Waals surface area contributed by atoms with Gasteiger partial charge in [-0.05, 0) is 18.4 Å². The van der Waals surface area contributed by atoms with Gasteiger partial charge >= 0.3 is 0 Å². The van der Waals surface area contributed by atoms with E-state index in [-0.39, 0.29) is 24.7 Å². The fraction of sp³-hybridized carbons (Fsp3) is 0.533. The molecule has 22 heavy (non-hydrogen) atoms. The van der Waals surface area contributed by atoms with Gasteiger partial charge < -0.3 is 19.7 Å². The Kier molecular flexibility index (Phi) is 6.13. The van der Waals surface area contributed by atoms with E-state index in [0.717, 1.165) is 18.8 Å². The number of methoxy groups -OCH3 is 2. The molecule has 0 aromatic carbocycles. The highest BCUT2D eigenvalue weighted by Crippen LogP contribution is 2.24. The van der Waals surface area contributed by atoms with Crippen LogP contribution < -0.4 is 10.2 Å². The van der Waals surface area contributed by atoms with Crippen molar-refractivity contribution in [2.45, 2.75) is 18.6 Å². The summed E-state index contributed by atoms with van der Waals surface area (Å²) in [5.74, 6) is 5.64. The van der Waals surface area contributed by atoms with Gasteiger partial charge in [0.15, 0.2) is 0 Å². The van der Waals surface area contributed by atoms with Crippen molar-refractivity contribution < 1.29 is 14.3 Å². The van der Waals surface area contributed by atoms with Gasteiger partial charge in [-0.2, -0.15) is 0 Å². The summed E-state index contributed by atoms with van der Waals surface area (Å²) in [7, 11) is 3.23. The van der Waals surface area contributed by atoms with Gasteiger partial charge in [-0.1, -0.05) is 5.92 Å². The highest BCUT2D eigenvalue weighted by atomic mass is 16.5. The van der Waals surface area contributed by atoms with Crippen LogP contribution in [0.3, 0.4) is 0 Å². The Morgan fingerprint density at radius 3 is 3.09 bits per heavy atom. The van der Waals surface area contributed by atoms with E-state index in [4.69, 9.17) is 9.47 Å². The predicted octanol–water partition coefficient (Wildman–Crippen LogP) is -0.164. The Hall–Kier alpha value is -2.17. The van der Waals surface area contributed by atoms with E-state index in [1.54, 1.807) is 13.3 Å². The quantitative estimate of drug-likeness (QED) is 0.762. The lowest BCUT2D eigenvalue weighted by Gasteiger charge is -2.25. The smallest absolute Gasteiger partial charge is 0.296 e. The molecule has 1 aromatic heterocycles. The zero-order chi connectivity index (χ0) is 15.8. The predicted molar refractivity (Wildman–Crippen MR) is 81.2 cm³/mol. The largest absolute Gasteiger partial charge is 0.380 e. The SMILES string of the molecule is COCC#CC(=O)NC[C@H]1C[C@@H](OC)CN1c1ccncn1. The zero-order valence-corrected chi connectivity index (χ0v) is 12.8. The van der Waals surface area contributed by atoms with Gasteiger partial charge in [0.2, 0.25) is 0 Å². The van der Waals surface area contributed by atoms with E-state index in [1.165, 1.54) is 13.4 Å². The highest BCUT2D eigenvalue weighted by molar-refractivity contribution is 5.93. The number of amides is 1. The van der Waals surface area contributed by atoms with Crippen LogP contribution in [-0.2, 0) is 14.3 Å². The van der Waals surface area contributed by atoms with Crippen LogP contribution in [0.15, 0.2) is 18.6 Å². The van der Waals surface area contributed by atoms with Crippen LogP contribution >= 0.6 is 0 Å². The van der Waals surface area contributed by atoms with Gasteiger partial charge in [-0.3, -0.25) is 4.79 Å². The summed E-state index contributed by atoms with van der Waals surface area (Å²) >= 11 is 0. The first-order valence-corrected chi connectivity index (χ1v) is 7.05. The number of nitrogens with one attached hydrogen (secondary N) is 1. The summed E-state index contributed by atoms with van der Waals surface area (Å²) < 4.78 is 10.2. The first-order chi connectivity index (χ1) is 10.7. The molecule has 1 aliphatic heterocycles. The second kappa shape index (κ2) is 8.32. The molecule has 0 spiro atoms. The van der Waals surface area contributed by atoms with E-state index in [2.05, 4.69) is 32.0 Å². The summed E-state index contributed by atoms with van der Waals surface area (Å²) in [5, 5.41) is 2.82. The molecule has 1 fully saturated rings. The molecule has 1 amide bonds. The average Bonchev–Trinajstić information content (AvgIpc) is 2.97. The second-order valence-electron chi connectivity index (χ2n) is 4.91. The van der Waals surface area contributed by atoms with Crippen molar-refractivity contribution in [3.63, 3.8) is 0 Å². The van der Waals surface area contributed by atoms with Gasteiger partial charge in [0.05, 0.1) is 12.1 Å². The number of aromatic nitrogens is 2. The topological polar surface area (TPSA) is 76.6 Å². The summed E-state index contributed by atoms with van der Waals surface area (Å²) in [6.07, 6.45) is 4.17. The molecule has 1 N–H and O–H groups in total. The van der Waals surface area contributed by atoms with Crippen LogP contribution in [0.2, 0.25) is 0 Å². The van der Waals surface area contributed by atoms with E-state index in [0.29, 0.717) is 6.54 Å². The molecule has 0 unspecified atom stereocenters. The van der Waals surface area contributed by atoms with Crippen molar-refractivity contribution in [2.75, 3.05) is 38.8 Å². The van der Waals surface area contributed by atoms with E-state index >= 15 is 0 Å². The number of hydrogen-bond donors (Lipinski definition) is 1. The molecule has 0 radical (unpaired) electrons. The van der Waals surface area contributed by atoms with Crippen LogP contribution in [0.25, 0.3) is 0 Å². The van der Waals surface area contributed by atoms with Gasteiger partial charge in [0, 0.05) is 33.5 Å². The average molecular weight is 304 g/mol. The monoisotopic (exact) mass is 304 g/mol. The Bertz CT molecular complexity index is 541. The summed E-state index contributed by atoms with van der Waals surface area (Å²) in [4.78, 5) is 22.0. The van der Waals surface area contributed by atoms with E-state index in [9.17, 15) is 4.79 Å². The van der Waals surface area contributed by atoms with E-state index in [1.807, 2.05) is 6.07 Å². The Balaban J connectivity index is 1.95. The summed E-state index contributed by atoms with van der Waals surface area (Å²) in [6, 6.07) is 1.97. The molecule has 1 saturated heterocycles. The molecule has 7 nitrogen and oxygen atoms in total. The normalized spacial score (nSPS) is 20.4. The number of nitrogens with zero attached hydrogens (tertiary/aromatic N) is 3. The van der Waals surface area contributed by atoms with Crippen molar-refractivity contribution in [1.82, 2.24) is 15.3 Å². The fourth-order valence-corrected chi connectivity index (χ4v) is 2.42. The lowest BCUT2D eigenvalue weighted by atomic mass is 10.2. The van der Waals surface area contributed by atoms with Gasteiger partial charge in [-0.15, -0.1) is 0 Å². The third-order valence-electron chi connectivity index (χ3n) is 3.49. The lowest BCUT2D eigenvalue weighted by Crippen LogP contribution is -2.40. The minimum Gasteiger partial charge on any atom is -0.380 e. The summed E-state index contributed by atoms with van der Waals surface area (Å²) in [5.41, 5.74) is 0. The molecule has 0 bridgehead atoms. The maximum absolute atomic E-state index is 11.7. The Morgan fingerprint density at radius 2 is 2.41 bits per heavy atom. The minimum absolute atomic E-state index is 0.119. The molecule has 1 aliphatic rings. The molecular formula is C15H20N4O3. The maximum atomic E-state index is 11.7. The Morgan fingerprint density at radius 1 is 1.55 bits per heavy atom. The zero-order valence-electron chi connectivity index (χ0n) is 12.8. The third kappa shape index (κ3) is 4.41. The van der Waals surface area contributed by atoms with Gasteiger partial charge in [0.25, 0.3) is 5.91 Å². The minimum atomic E-state index is -0.305.